The molecule has 0 fully saturated rings. The van der Waals surface area contributed by atoms with Gasteiger partial charge in [-0.3, -0.25) is 14.3 Å². The highest BCUT2D eigenvalue weighted by Gasteiger charge is 2.29. The summed E-state index contributed by atoms with van der Waals surface area (Å²) in [6, 6.07) is 22.9. The lowest BCUT2D eigenvalue weighted by Crippen LogP contribution is -2.42. The predicted octanol–water partition coefficient (Wildman–Crippen LogP) is 6.73. The molecular weight excluding hydrogens is 678 g/mol. The topological polar surface area (TPSA) is 114 Å². The Hall–Kier alpha value is -4.54. The summed E-state index contributed by atoms with van der Waals surface area (Å²) in [4.78, 5) is 32.5. The van der Waals surface area contributed by atoms with E-state index in [0.717, 1.165) is 6.42 Å². The Labute approximate surface area is 279 Å². The van der Waals surface area contributed by atoms with Crippen LogP contribution in [-0.2, 0) is 15.4 Å². The third-order valence-corrected chi connectivity index (χ3v) is 10.6. The molecule has 10 heteroatoms. The van der Waals surface area contributed by atoms with E-state index in [-0.39, 0.29) is 43.5 Å². The van der Waals surface area contributed by atoms with E-state index < -0.39 is 15.6 Å². The third-order valence-electron chi connectivity index (χ3n) is 8.57. The molecular formula is C37H32BrN3O5S. The number of halogens is 1. The fourth-order valence-corrected chi connectivity index (χ4v) is 8.78. The monoisotopic (exact) mass is 709 g/mol. The number of hydrogen-bond acceptors (Lipinski definition) is 7. The fraction of sp³-hybridized carbons (Fsp3) is 0.216. The van der Waals surface area contributed by atoms with Gasteiger partial charge in [0.2, 0.25) is 0 Å². The first kappa shape index (κ1) is 31.1. The normalized spacial score (nSPS) is 15.8. The van der Waals surface area contributed by atoms with E-state index in [2.05, 4.69) is 65.6 Å². The van der Waals surface area contributed by atoms with Crippen LogP contribution in [0.1, 0.15) is 46.6 Å². The highest BCUT2D eigenvalue weighted by Crippen LogP contribution is 2.38. The van der Waals surface area contributed by atoms with Crippen molar-refractivity contribution in [3.05, 3.63) is 125 Å². The Morgan fingerprint density at radius 2 is 1.49 bits per heavy atom. The van der Waals surface area contributed by atoms with Gasteiger partial charge in [-0.05, 0) is 74.5 Å². The van der Waals surface area contributed by atoms with Gasteiger partial charge in [0, 0.05) is 25.7 Å². The zero-order valence-electron chi connectivity index (χ0n) is 26.5. The van der Waals surface area contributed by atoms with Crippen molar-refractivity contribution in [1.29, 1.82) is 0 Å². The number of anilines is 1. The molecule has 8 nitrogen and oxygen atoms in total. The molecule has 0 saturated heterocycles. The number of para-hydroxylation sites is 1. The Morgan fingerprint density at radius 3 is 2.19 bits per heavy atom. The lowest BCUT2D eigenvalue weighted by atomic mass is 9.72. The van der Waals surface area contributed by atoms with Gasteiger partial charge in [-0.15, -0.1) is 0 Å². The first-order valence-corrected chi connectivity index (χ1v) is 17.5. The molecule has 1 aliphatic carbocycles. The maximum atomic E-state index is 14.1. The number of hydrogen-bond donors (Lipinski definition) is 2. The van der Waals surface area contributed by atoms with Crippen molar-refractivity contribution in [3.63, 3.8) is 0 Å². The number of fused-ring (bicyclic) bond motifs is 3. The SMILES string of the molecule is CC(C)(C)CC(C)(C)c1ccc(Oc2cc(Br)c3c4c2nc(=O)/c(=C2/Nc5ccccc5S(=O)(=O)N2)c=4c2ccccc2c3=O)cc1. The molecule has 47 heavy (non-hydrogen) atoms. The van der Waals surface area contributed by atoms with Gasteiger partial charge in [-0.1, -0.05) is 83.1 Å². The molecule has 0 atom stereocenters. The number of ether oxygens (including phenoxy) is 1. The Morgan fingerprint density at radius 1 is 0.830 bits per heavy atom. The van der Waals surface area contributed by atoms with Gasteiger partial charge in [0.05, 0.1) is 10.9 Å². The first-order valence-electron chi connectivity index (χ1n) is 15.2. The summed E-state index contributed by atoms with van der Waals surface area (Å²) in [5.41, 5.74) is 0.854. The fourth-order valence-electron chi connectivity index (χ4n) is 6.99. The molecule has 4 aromatic rings. The van der Waals surface area contributed by atoms with Gasteiger partial charge in [0.1, 0.15) is 22.0 Å². The van der Waals surface area contributed by atoms with E-state index in [9.17, 15) is 18.0 Å². The Balaban J connectivity index is 1.51. The molecule has 7 rings (SSSR count). The molecule has 0 amide bonds. The summed E-state index contributed by atoms with van der Waals surface area (Å²) >= 11 is 3.61. The molecule has 0 unspecified atom stereocenters. The van der Waals surface area contributed by atoms with Crippen LogP contribution in [0.15, 0.2) is 97.8 Å². The molecule has 4 aromatic carbocycles. The number of nitrogens with one attached hydrogen (secondary N) is 2. The van der Waals surface area contributed by atoms with E-state index >= 15 is 0 Å². The van der Waals surface area contributed by atoms with Crippen LogP contribution < -0.4 is 31.0 Å². The van der Waals surface area contributed by atoms with Gasteiger partial charge < -0.3 is 10.1 Å². The minimum absolute atomic E-state index is 0.00580. The van der Waals surface area contributed by atoms with Crippen molar-refractivity contribution < 1.29 is 13.2 Å². The molecule has 0 spiro atoms. The van der Waals surface area contributed by atoms with Crippen molar-refractivity contribution in [2.24, 2.45) is 5.41 Å². The smallest absolute Gasteiger partial charge is 0.282 e. The summed E-state index contributed by atoms with van der Waals surface area (Å²) in [5.74, 6) is 0.781. The van der Waals surface area contributed by atoms with Crippen LogP contribution in [0.5, 0.6) is 11.5 Å². The largest absolute Gasteiger partial charge is 0.455 e. The molecule has 0 saturated carbocycles. The summed E-state index contributed by atoms with van der Waals surface area (Å²) in [6.45, 7) is 11.1. The molecule has 0 bridgehead atoms. The van der Waals surface area contributed by atoms with Crippen molar-refractivity contribution in [2.75, 3.05) is 5.32 Å². The average Bonchev–Trinajstić information content (AvgIpc) is 2.99. The third kappa shape index (κ3) is 5.29. The molecule has 3 aliphatic rings. The maximum absolute atomic E-state index is 14.1. The van der Waals surface area contributed by atoms with Gasteiger partial charge in [-0.2, -0.15) is 0 Å². The van der Waals surface area contributed by atoms with E-state index in [1.165, 1.54) is 11.6 Å². The van der Waals surface area contributed by atoms with Crippen molar-refractivity contribution in [2.45, 2.75) is 51.3 Å². The summed E-state index contributed by atoms with van der Waals surface area (Å²) < 4.78 is 36.0. The molecule has 0 radical (unpaired) electrons. The van der Waals surface area contributed by atoms with Crippen LogP contribution in [0.25, 0.3) is 27.5 Å². The Bertz CT molecular complexity index is 2600. The second-order valence-electron chi connectivity index (χ2n) is 13.8. The van der Waals surface area contributed by atoms with E-state index in [1.807, 2.05) is 24.3 Å². The number of nitrogens with zero attached hydrogens (tertiary/aromatic N) is 1. The van der Waals surface area contributed by atoms with Gasteiger partial charge in [0.25, 0.3) is 15.6 Å². The van der Waals surface area contributed by atoms with Crippen LogP contribution in [0.3, 0.4) is 0 Å². The zero-order chi connectivity index (χ0) is 33.5. The minimum Gasteiger partial charge on any atom is -0.455 e. The van der Waals surface area contributed by atoms with Crippen LogP contribution in [0, 0.1) is 15.9 Å². The van der Waals surface area contributed by atoms with Crippen molar-refractivity contribution >= 4 is 59.1 Å². The highest BCUT2D eigenvalue weighted by molar-refractivity contribution is 9.10. The van der Waals surface area contributed by atoms with E-state index in [1.54, 1.807) is 48.5 Å². The van der Waals surface area contributed by atoms with E-state index in [0.29, 0.717) is 42.5 Å². The number of benzene rings is 4. The summed E-state index contributed by atoms with van der Waals surface area (Å²) in [6.07, 6.45) is 0.992. The van der Waals surface area contributed by atoms with Crippen LogP contribution in [-0.4, -0.2) is 13.4 Å². The second kappa shape index (κ2) is 10.7. The van der Waals surface area contributed by atoms with Crippen molar-refractivity contribution in [1.82, 2.24) is 9.71 Å². The van der Waals surface area contributed by atoms with Crippen LogP contribution >= 0.6 is 15.9 Å². The predicted molar refractivity (Wildman–Crippen MR) is 189 cm³/mol. The molecule has 2 aliphatic heterocycles. The molecule has 238 valence electrons. The van der Waals surface area contributed by atoms with Gasteiger partial charge in [-0.25, -0.2) is 13.4 Å². The van der Waals surface area contributed by atoms with Crippen molar-refractivity contribution in [3.8, 4) is 11.5 Å². The minimum atomic E-state index is -4.01. The zero-order valence-corrected chi connectivity index (χ0v) is 28.9. The quantitative estimate of drug-likeness (QED) is 0.209. The lowest BCUT2D eigenvalue weighted by Gasteiger charge is -2.33. The Kier molecular flexibility index (Phi) is 7.11. The number of aromatic nitrogens is 1. The summed E-state index contributed by atoms with van der Waals surface area (Å²) in [7, 11) is -4.01. The molecule has 2 heterocycles. The van der Waals surface area contributed by atoms with E-state index in [4.69, 9.17) is 4.74 Å². The number of rotatable bonds is 4. The highest BCUT2D eigenvalue weighted by atomic mass is 79.9. The summed E-state index contributed by atoms with van der Waals surface area (Å²) in [5, 5.41) is 5.07. The lowest BCUT2D eigenvalue weighted by molar-refractivity contribution is 0.284. The second-order valence-corrected chi connectivity index (χ2v) is 16.4. The first-order chi connectivity index (χ1) is 22.1. The maximum Gasteiger partial charge on any atom is 0.282 e. The van der Waals surface area contributed by atoms with Crippen LogP contribution in [0.2, 0.25) is 0 Å². The van der Waals surface area contributed by atoms with Crippen LogP contribution in [0.4, 0.5) is 5.69 Å². The molecule has 0 aromatic heterocycles. The van der Waals surface area contributed by atoms with Gasteiger partial charge >= 0.3 is 0 Å². The standard InChI is InChI=1S/C37H32BrN3O5S/c1-36(2,3)19-37(4,5)20-14-16-21(17-15-20)46-26-18-24(38)29-30-28(22-10-6-7-11-23(22)33(29)42)31(35(43)40-32(26)30)34-39-25-12-8-9-13-27(25)47(44,45)41-34/h6-18,39,41H,19H2,1-5H3/b34-31-. The number of sulfonamides is 1. The average molecular weight is 711 g/mol. The molecule has 2 N–H and O–H groups in total. The van der Waals surface area contributed by atoms with Gasteiger partial charge in [0.15, 0.2) is 11.2 Å².